The van der Waals surface area contributed by atoms with Crippen LogP contribution in [0, 0.1) is 5.92 Å². The smallest absolute Gasteiger partial charge is 0.163 e. The summed E-state index contributed by atoms with van der Waals surface area (Å²) in [6.07, 6.45) is 9.95. The molecule has 1 fully saturated rings. The molecule has 3 heterocycles. The lowest BCUT2D eigenvalue weighted by molar-refractivity contribution is 0.447. The SMILES string of the molecule is C/C=C(\C=C/C(C)C)Oc1ccnc2[nH]nc(N3CCCC(N)C3)c12. The fourth-order valence-corrected chi connectivity index (χ4v) is 3.03. The molecule has 3 N–H and O–H groups in total. The molecule has 0 spiro atoms. The number of aromatic amines is 1. The van der Waals surface area contributed by atoms with Gasteiger partial charge in [0.25, 0.3) is 0 Å². The molecule has 2 aromatic rings. The van der Waals surface area contributed by atoms with Crippen molar-refractivity contribution >= 4 is 16.9 Å². The third kappa shape index (κ3) is 4.02. The lowest BCUT2D eigenvalue weighted by Crippen LogP contribution is -2.43. The number of pyridine rings is 1. The summed E-state index contributed by atoms with van der Waals surface area (Å²) in [5.74, 6) is 2.91. The minimum absolute atomic E-state index is 0.182. The van der Waals surface area contributed by atoms with Crippen molar-refractivity contribution < 1.29 is 4.74 Å². The van der Waals surface area contributed by atoms with Crippen LogP contribution in [0.4, 0.5) is 5.82 Å². The van der Waals surface area contributed by atoms with Gasteiger partial charge in [0.15, 0.2) is 11.5 Å². The number of H-pyrrole nitrogens is 1. The molecule has 3 rings (SSSR count). The Hall–Kier alpha value is -2.34. The molecule has 1 saturated heterocycles. The molecule has 6 nitrogen and oxygen atoms in total. The van der Waals surface area contributed by atoms with Gasteiger partial charge in [-0.3, -0.25) is 5.10 Å². The number of nitrogens with one attached hydrogen (secondary N) is 1. The molecule has 1 unspecified atom stereocenters. The average molecular weight is 341 g/mol. The van der Waals surface area contributed by atoms with E-state index in [0.29, 0.717) is 5.92 Å². The van der Waals surface area contributed by atoms with E-state index in [2.05, 4.69) is 40.0 Å². The van der Waals surface area contributed by atoms with E-state index in [0.717, 1.165) is 54.3 Å². The van der Waals surface area contributed by atoms with E-state index < -0.39 is 0 Å². The number of ether oxygens (including phenoxy) is 1. The standard InChI is InChI=1S/C19H27N5O/c1-4-15(8-7-13(2)3)25-16-9-10-21-18-17(16)19(23-22-18)24-11-5-6-14(20)12-24/h4,7-10,13-14H,5-6,11-12,20H2,1-3H3,(H,21,22,23)/b8-7-,15-4+. The van der Waals surface area contributed by atoms with Crippen LogP contribution >= 0.6 is 0 Å². The second-order valence-corrected chi connectivity index (χ2v) is 6.82. The van der Waals surface area contributed by atoms with Crippen molar-refractivity contribution in [1.82, 2.24) is 15.2 Å². The Morgan fingerprint density at radius 1 is 1.48 bits per heavy atom. The molecule has 25 heavy (non-hydrogen) atoms. The Balaban J connectivity index is 1.94. The third-order valence-electron chi connectivity index (χ3n) is 4.32. The predicted molar refractivity (Wildman–Crippen MR) is 102 cm³/mol. The Morgan fingerprint density at radius 2 is 2.32 bits per heavy atom. The number of hydrogen-bond acceptors (Lipinski definition) is 5. The predicted octanol–water partition coefficient (Wildman–Crippen LogP) is 3.38. The minimum Gasteiger partial charge on any atom is -0.457 e. The van der Waals surface area contributed by atoms with Gasteiger partial charge >= 0.3 is 0 Å². The zero-order valence-electron chi connectivity index (χ0n) is 15.2. The van der Waals surface area contributed by atoms with Crippen LogP contribution in [0.5, 0.6) is 5.75 Å². The van der Waals surface area contributed by atoms with Crippen LogP contribution in [0.25, 0.3) is 11.0 Å². The Labute approximate surface area is 148 Å². The maximum atomic E-state index is 6.16. The largest absolute Gasteiger partial charge is 0.457 e. The third-order valence-corrected chi connectivity index (χ3v) is 4.32. The molecule has 2 aromatic heterocycles. The quantitative estimate of drug-likeness (QED) is 0.644. The fourth-order valence-electron chi connectivity index (χ4n) is 3.03. The van der Waals surface area contributed by atoms with Crippen LogP contribution in [0.1, 0.15) is 33.6 Å². The van der Waals surface area contributed by atoms with Gasteiger partial charge in [-0.05, 0) is 37.8 Å². The molecule has 0 bridgehead atoms. The van der Waals surface area contributed by atoms with Gasteiger partial charge in [-0.25, -0.2) is 4.98 Å². The van der Waals surface area contributed by atoms with Gasteiger partial charge in [0.2, 0.25) is 0 Å². The van der Waals surface area contributed by atoms with Gasteiger partial charge in [-0.2, -0.15) is 5.10 Å². The van der Waals surface area contributed by atoms with Crippen LogP contribution in [-0.4, -0.2) is 34.3 Å². The second-order valence-electron chi connectivity index (χ2n) is 6.82. The lowest BCUT2D eigenvalue weighted by Gasteiger charge is -2.31. The average Bonchev–Trinajstić information content (AvgIpc) is 3.03. The highest BCUT2D eigenvalue weighted by atomic mass is 16.5. The molecule has 0 radical (unpaired) electrons. The topological polar surface area (TPSA) is 80.1 Å². The Morgan fingerprint density at radius 3 is 3.04 bits per heavy atom. The van der Waals surface area contributed by atoms with Crippen molar-refractivity contribution in [2.75, 3.05) is 18.0 Å². The van der Waals surface area contributed by atoms with Crippen LogP contribution in [0.3, 0.4) is 0 Å². The number of hydrogen-bond donors (Lipinski definition) is 2. The normalized spacial score (nSPS) is 19.3. The van der Waals surface area contributed by atoms with E-state index >= 15 is 0 Å². The van der Waals surface area contributed by atoms with Crippen LogP contribution in [0.15, 0.2) is 36.3 Å². The van der Waals surface area contributed by atoms with Gasteiger partial charge in [0.1, 0.15) is 16.9 Å². The van der Waals surface area contributed by atoms with Gasteiger partial charge in [-0.15, -0.1) is 0 Å². The highest BCUT2D eigenvalue weighted by molar-refractivity contribution is 5.93. The molecule has 6 heteroatoms. The molecule has 0 aromatic carbocycles. The van der Waals surface area contributed by atoms with E-state index in [1.54, 1.807) is 6.20 Å². The molecule has 0 amide bonds. The number of nitrogens with zero attached hydrogens (tertiary/aromatic N) is 3. The molecule has 1 atom stereocenters. The summed E-state index contributed by atoms with van der Waals surface area (Å²) < 4.78 is 6.16. The van der Waals surface area contributed by atoms with Crippen LogP contribution in [0.2, 0.25) is 0 Å². The van der Waals surface area contributed by atoms with E-state index in [1.807, 2.05) is 25.1 Å². The molecule has 0 aliphatic carbocycles. The summed E-state index contributed by atoms with van der Waals surface area (Å²) in [5, 5.41) is 8.42. The molecular weight excluding hydrogens is 314 g/mol. The highest BCUT2D eigenvalue weighted by Crippen LogP contribution is 2.33. The first-order valence-electron chi connectivity index (χ1n) is 8.94. The van der Waals surface area contributed by atoms with Gasteiger partial charge in [0, 0.05) is 31.4 Å². The van der Waals surface area contributed by atoms with Gasteiger partial charge in [0.05, 0.1) is 0 Å². The number of rotatable bonds is 5. The van der Waals surface area contributed by atoms with Crippen molar-refractivity contribution in [1.29, 1.82) is 0 Å². The molecular formula is C19H27N5O. The molecule has 134 valence electrons. The lowest BCUT2D eigenvalue weighted by atomic mass is 10.1. The number of nitrogens with two attached hydrogens (primary N) is 1. The van der Waals surface area contributed by atoms with E-state index in [9.17, 15) is 0 Å². The van der Waals surface area contributed by atoms with E-state index in [-0.39, 0.29) is 6.04 Å². The van der Waals surface area contributed by atoms with Crippen molar-refractivity contribution in [3.63, 3.8) is 0 Å². The maximum absolute atomic E-state index is 6.16. The number of fused-ring (bicyclic) bond motifs is 1. The van der Waals surface area contributed by atoms with E-state index in [1.165, 1.54) is 0 Å². The first-order valence-corrected chi connectivity index (χ1v) is 8.94. The Kier molecular flexibility index (Phi) is 5.38. The summed E-state index contributed by atoms with van der Waals surface area (Å²) >= 11 is 0. The first-order chi connectivity index (χ1) is 12.1. The number of piperidine rings is 1. The number of allylic oxidation sites excluding steroid dienone is 3. The molecule has 0 saturated carbocycles. The van der Waals surface area contributed by atoms with Crippen molar-refractivity contribution in [3.8, 4) is 5.75 Å². The van der Waals surface area contributed by atoms with Gasteiger partial charge < -0.3 is 15.4 Å². The minimum atomic E-state index is 0.182. The molecule has 1 aliphatic rings. The molecule has 1 aliphatic heterocycles. The second kappa shape index (κ2) is 7.70. The van der Waals surface area contributed by atoms with Crippen molar-refractivity contribution in [2.24, 2.45) is 11.7 Å². The monoisotopic (exact) mass is 341 g/mol. The van der Waals surface area contributed by atoms with Gasteiger partial charge in [-0.1, -0.05) is 19.9 Å². The first kappa shape index (κ1) is 17.5. The zero-order valence-corrected chi connectivity index (χ0v) is 15.2. The van der Waals surface area contributed by atoms with E-state index in [4.69, 9.17) is 10.5 Å². The highest BCUT2D eigenvalue weighted by Gasteiger charge is 2.23. The summed E-state index contributed by atoms with van der Waals surface area (Å²) in [6.45, 7) is 8.01. The summed E-state index contributed by atoms with van der Waals surface area (Å²) in [5.41, 5.74) is 6.87. The maximum Gasteiger partial charge on any atom is 0.163 e. The Bertz CT molecular complexity index is 777. The van der Waals surface area contributed by atoms with Crippen molar-refractivity contribution in [3.05, 3.63) is 36.3 Å². The fraction of sp³-hybridized carbons (Fsp3) is 0.474. The summed E-state index contributed by atoms with van der Waals surface area (Å²) in [4.78, 5) is 6.61. The van der Waals surface area contributed by atoms with Crippen LogP contribution < -0.4 is 15.4 Å². The summed E-state index contributed by atoms with van der Waals surface area (Å²) in [6, 6.07) is 2.07. The number of aromatic nitrogens is 3. The van der Waals surface area contributed by atoms with Crippen LogP contribution in [-0.2, 0) is 0 Å². The van der Waals surface area contributed by atoms with Crippen molar-refractivity contribution in [2.45, 2.75) is 39.7 Å². The number of anilines is 1. The summed E-state index contributed by atoms with van der Waals surface area (Å²) in [7, 11) is 0. The zero-order chi connectivity index (χ0) is 17.8.